The fourth-order valence-electron chi connectivity index (χ4n) is 3.19. The van der Waals surface area contributed by atoms with E-state index < -0.39 is 0 Å². The van der Waals surface area contributed by atoms with Gasteiger partial charge in [0.2, 0.25) is 6.79 Å². The lowest BCUT2D eigenvalue weighted by molar-refractivity contribution is -0.00683. The summed E-state index contributed by atoms with van der Waals surface area (Å²) in [6, 6.07) is 5.61. The maximum atomic E-state index is 5.80. The van der Waals surface area contributed by atoms with Gasteiger partial charge in [-0.3, -0.25) is 9.89 Å². The zero-order valence-corrected chi connectivity index (χ0v) is 17.1. The zero-order chi connectivity index (χ0) is 19.8. The molecule has 0 spiro atoms. The Kier molecular flexibility index (Phi) is 7.22. The molecule has 8 nitrogen and oxygen atoms in total. The number of guanidine groups is 1. The summed E-state index contributed by atoms with van der Waals surface area (Å²) >= 11 is 0. The van der Waals surface area contributed by atoms with Crippen molar-refractivity contribution in [3.05, 3.63) is 18.2 Å². The van der Waals surface area contributed by atoms with E-state index >= 15 is 0 Å². The van der Waals surface area contributed by atoms with E-state index in [0.29, 0.717) is 19.7 Å². The van der Waals surface area contributed by atoms with Gasteiger partial charge in [0.15, 0.2) is 17.5 Å². The summed E-state index contributed by atoms with van der Waals surface area (Å²) in [5, 5.41) is 6.63. The molecule has 1 aromatic rings. The molecule has 156 valence electrons. The number of aliphatic imine (C=N–C) groups is 1. The van der Waals surface area contributed by atoms with Crippen molar-refractivity contribution < 1.29 is 18.9 Å². The molecular weight excluding hydrogens is 360 g/mol. The number of benzene rings is 1. The zero-order valence-electron chi connectivity index (χ0n) is 17.1. The monoisotopic (exact) mass is 392 g/mol. The Bertz CT molecular complexity index is 660. The third-order valence-electron chi connectivity index (χ3n) is 4.84. The van der Waals surface area contributed by atoms with Crippen LogP contribution in [0.3, 0.4) is 0 Å². The Balaban J connectivity index is 1.45. The van der Waals surface area contributed by atoms with E-state index in [2.05, 4.69) is 36.3 Å². The third kappa shape index (κ3) is 5.65. The first-order chi connectivity index (χ1) is 13.6. The summed E-state index contributed by atoms with van der Waals surface area (Å²) in [7, 11) is 0. The molecule has 0 unspecified atom stereocenters. The van der Waals surface area contributed by atoms with E-state index in [0.717, 1.165) is 56.1 Å². The van der Waals surface area contributed by atoms with Crippen molar-refractivity contribution in [2.75, 3.05) is 59.3 Å². The van der Waals surface area contributed by atoms with Crippen LogP contribution < -0.4 is 24.8 Å². The maximum Gasteiger partial charge on any atom is 0.231 e. The molecule has 8 heteroatoms. The van der Waals surface area contributed by atoms with Crippen molar-refractivity contribution in [2.45, 2.75) is 26.3 Å². The van der Waals surface area contributed by atoms with Crippen molar-refractivity contribution in [1.82, 2.24) is 15.5 Å². The molecule has 1 aromatic carbocycles. The average molecular weight is 393 g/mol. The highest BCUT2D eigenvalue weighted by Crippen LogP contribution is 2.34. The van der Waals surface area contributed by atoms with E-state index in [1.165, 1.54) is 0 Å². The Labute approximate surface area is 167 Å². The molecule has 0 saturated carbocycles. The first-order valence-corrected chi connectivity index (χ1v) is 9.96. The van der Waals surface area contributed by atoms with Crippen LogP contribution >= 0.6 is 0 Å². The summed E-state index contributed by atoms with van der Waals surface area (Å²) in [5.74, 6) is 3.06. The van der Waals surface area contributed by atoms with E-state index in [4.69, 9.17) is 23.9 Å². The first-order valence-electron chi connectivity index (χ1n) is 9.96. The molecule has 0 aliphatic carbocycles. The number of rotatable bonds is 8. The summed E-state index contributed by atoms with van der Waals surface area (Å²) in [5.41, 5.74) is -0.00484. The summed E-state index contributed by atoms with van der Waals surface area (Å²) < 4.78 is 21.9. The number of morpholine rings is 1. The average Bonchev–Trinajstić information content (AvgIpc) is 3.18. The van der Waals surface area contributed by atoms with Crippen LogP contribution in [0.25, 0.3) is 0 Å². The molecule has 1 fully saturated rings. The quantitative estimate of drug-likeness (QED) is 0.394. The van der Waals surface area contributed by atoms with E-state index in [9.17, 15) is 0 Å². The van der Waals surface area contributed by atoms with Gasteiger partial charge in [0, 0.05) is 31.2 Å². The van der Waals surface area contributed by atoms with Crippen molar-refractivity contribution in [3.8, 4) is 17.2 Å². The molecule has 0 atom stereocenters. The van der Waals surface area contributed by atoms with Gasteiger partial charge in [-0.05, 0) is 32.9 Å². The second-order valence-corrected chi connectivity index (χ2v) is 7.40. The molecule has 3 rings (SSSR count). The minimum absolute atomic E-state index is 0.00484. The minimum atomic E-state index is -0.00484. The van der Waals surface area contributed by atoms with Crippen LogP contribution in [0.15, 0.2) is 23.2 Å². The predicted octanol–water partition coefficient (Wildman–Crippen LogP) is 1.46. The number of nitrogens with zero attached hydrogens (tertiary/aromatic N) is 2. The van der Waals surface area contributed by atoms with Crippen molar-refractivity contribution in [1.29, 1.82) is 0 Å². The number of hydrogen-bond acceptors (Lipinski definition) is 6. The van der Waals surface area contributed by atoms with Gasteiger partial charge in [0.1, 0.15) is 12.4 Å². The highest BCUT2D eigenvalue weighted by atomic mass is 16.7. The lowest BCUT2D eigenvalue weighted by Gasteiger charge is -2.39. The highest BCUT2D eigenvalue weighted by Gasteiger charge is 2.28. The van der Waals surface area contributed by atoms with Gasteiger partial charge in [-0.2, -0.15) is 0 Å². The molecule has 0 amide bonds. The smallest absolute Gasteiger partial charge is 0.231 e. The highest BCUT2D eigenvalue weighted by molar-refractivity contribution is 5.79. The molecule has 0 bridgehead atoms. The van der Waals surface area contributed by atoms with Crippen LogP contribution in [0.2, 0.25) is 0 Å². The molecule has 0 aromatic heterocycles. The molecule has 2 N–H and O–H groups in total. The number of hydrogen-bond donors (Lipinski definition) is 2. The molecule has 2 aliphatic rings. The van der Waals surface area contributed by atoms with Crippen LogP contribution in [0.4, 0.5) is 0 Å². The largest absolute Gasteiger partial charge is 0.492 e. The Morgan fingerprint density at radius 3 is 2.75 bits per heavy atom. The molecule has 0 radical (unpaired) electrons. The van der Waals surface area contributed by atoms with Crippen LogP contribution in [0.5, 0.6) is 17.2 Å². The summed E-state index contributed by atoms with van der Waals surface area (Å²) in [6.45, 7) is 13.0. The molecular formula is C20H32N4O4. The Morgan fingerprint density at radius 1 is 1.18 bits per heavy atom. The van der Waals surface area contributed by atoms with Gasteiger partial charge in [0.25, 0.3) is 0 Å². The van der Waals surface area contributed by atoms with Gasteiger partial charge >= 0.3 is 0 Å². The first kappa shape index (κ1) is 20.5. The van der Waals surface area contributed by atoms with E-state index in [1.807, 2.05) is 18.2 Å². The lowest BCUT2D eigenvalue weighted by Crippen LogP contribution is -2.52. The van der Waals surface area contributed by atoms with Crippen LogP contribution in [0.1, 0.15) is 20.8 Å². The summed E-state index contributed by atoms with van der Waals surface area (Å²) in [6.07, 6.45) is 0. The van der Waals surface area contributed by atoms with Crippen molar-refractivity contribution in [2.24, 2.45) is 4.99 Å². The second kappa shape index (κ2) is 9.84. The fourth-order valence-corrected chi connectivity index (χ4v) is 3.19. The Hall–Kier alpha value is -2.19. The van der Waals surface area contributed by atoms with Crippen molar-refractivity contribution in [3.63, 3.8) is 0 Å². The summed E-state index contributed by atoms with van der Waals surface area (Å²) in [4.78, 5) is 7.21. The number of ether oxygens (including phenoxy) is 4. The van der Waals surface area contributed by atoms with Gasteiger partial charge < -0.3 is 29.6 Å². The lowest BCUT2D eigenvalue weighted by atomic mass is 10.0. The molecule has 28 heavy (non-hydrogen) atoms. The van der Waals surface area contributed by atoms with Crippen LogP contribution in [-0.2, 0) is 4.74 Å². The standard InChI is InChI=1S/C20H32N4O4/c1-4-21-19(23-14-20(2,3)24-8-11-25-12-9-24)22-7-10-26-16-5-6-17-18(13-16)28-15-27-17/h5-6,13H,4,7-12,14-15H2,1-3H3,(H2,21,22,23). The van der Waals surface area contributed by atoms with Crippen LogP contribution in [-0.4, -0.2) is 75.7 Å². The normalized spacial score (nSPS) is 17.5. The molecule has 2 aliphatic heterocycles. The van der Waals surface area contributed by atoms with E-state index in [1.54, 1.807) is 0 Å². The van der Waals surface area contributed by atoms with Gasteiger partial charge in [-0.1, -0.05) is 0 Å². The van der Waals surface area contributed by atoms with Gasteiger partial charge in [0.05, 0.1) is 26.3 Å². The predicted molar refractivity (Wildman–Crippen MR) is 109 cm³/mol. The number of fused-ring (bicyclic) bond motifs is 1. The molecule has 2 heterocycles. The maximum absolute atomic E-state index is 5.80. The second-order valence-electron chi connectivity index (χ2n) is 7.40. The van der Waals surface area contributed by atoms with Gasteiger partial charge in [-0.25, -0.2) is 0 Å². The van der Waals surface area contributed by atoms with E-state index in [-0.39, 0.29) is 12.3 Å². The van der Waals surface area contributed by atoms with Gasteiger partial charge in [-0.15, -0.1) is 0 Å². The topological polar surface area (TPSA) is 76.6 Å². The fraction of sp³-hybridized carbons (Fsp3) is 0.650. The molecule has 1 saturated heterocycles. The third-order valence-corrected chi connectivity index (χ3v) is 4.84. The van der Waals surface area contributed by atoms with Crippen molar-refractivity contribution >= 4 is 5.96 Å². The minimum Gasteiger partial charge on any atom is -0.492 e. The Morgan fingerprint density at radius 2 is 1.96 bits per heavy atom. The SMILES string of the molecule is CCNC(=NCC(C)(C)N1CCOCC1)NCCOc1ccc2c(c1)OCO2. The number of nitrogens with one attached hydrogen (secondary N) is 2. The van der Waals surface area contributed by atoms with Crippen LogP contribution in [0, 0.1) is 0 Å².